The second-order valence-corrected chi connectivity index (χ2v) is 3.10. The van der Waals surface area contributed by atoms with Gasteiger partial charge in [0.2, 0.25) is 5.91 Å². The first-order valence-electron chi connectivity index (χ1n) is 3.08. The predicted molar refractivity (Wildman–Crippen MR) is 43.2 cm³/mol. The van der Waals surface area contributed by atoms with Crippen LogP contribution >= 0.6 is 15.9 Å². The fraction of sp³-hybridized carbons (Fsp3) is 0.667. The van der Waals surface area contributed by atoms with Crippen molar-refractivity contribution in [2.24, 2.45) is 5.73 Å². The highest BCUT2D eigenvalue weighted by Gasteiger charge is 2.15. The van der Waals surface area contributed by atoms with Gasteiger partial charge in [0.25, 0.3) is 0 Å². The summed E-state index contributed by atoms with van der Waals surface area (Å²) in [6.45, 7) is 0. The number of amides is 1. The number of nitrogens with two attached hydrogens (primary N) is 1. The van der Waals surface area contributed by atoms with Gasteiger partial charge in [-0.3, -0.25) is 9.59 Å². The van der Waals surface area contributed by atoms with Gasteiger partial charge in [-0.2, -0.15) is 0 Å². The van der Waals surface area contributed by atoms with Gasteiger partial charge in [0.15, 0.2) is 0 Å². The number of carbonyl (C=O) groups excluding carboxylic acids is 2. The number of esters is 1. The van der Waals surface area contributed by atoms with E-state index in [-0.39, 0.29) is 12.4 Å². The summed E-state index contributed by atoms with van der Waals surface area (Å²) in [5.74, 6) is -0.801. The van der Waals surface area contributed by atoms with E-state index in [4.69, 9.17) is 5.73 Å². The molecule has 64 valence electrons. The topological polar surface area (TPSA) is 69.4 Å². The van der Waals surface area contributed by atoms with Gasteiger partial charge in [-0.1, -0.05) is 15.9 Å². The van der Waals surface area contributed by atoms with Gasteiger partial charge in [-0.15, -0.1) is 0 Å². The molecule has 0 bridgehead atoms. The third kappa shape index (κ3) is 4.78. The predicted octanol–water partition coefficient (Wildman–Crippen LogP) is 0.188. The summed E-state index contributed by atoms with van der Waals surface area (Å²) in [5, 5.41) is 0. The molecule has 0 aromatic carbocycles. The zero-order chi connectivity index (χ0) is 8.85. The molecule has 0 saturated heterocycles. The average Bonchev–Trinajstić information content (AvgIpc) is 1.98. The molecule has 11 heavy (non-hydrogen) atoms. The molecule has 0 radical (unpaired) electrons. The Balaban J connectivity index is 3.60. The quantitative estimate of drug-likeness (QED) is 0.547. The van der Waals surface area contributed by atoms with Gasteiger partial charge in [0.05, 0.1) is 7.11 Å². The van der Waals surface area contributed by atoms with E-state index >= 15 is 0 Å². The van der Waals surface area contributed by atoms with Crippen molar-refractivity contribution in [1.29, 1.82) is 0 Å². The Labute approximate surface area is 73.2 Å². The van der Waals surface area contributed by atoms with Crippen LogP contribution in [0.25, 0.3) is 0 Å². The summed E-state index contributed by atoms with van der Waals surface area (Å²) in [6, 6.07) is 0. The Morgan fingerprint density at radius 1 is 1.64 bits per heavy atom. The highest BCUT2D eigenvalue weighted by atomic mass is 79.9. The first kappa shape index (κ1) is 10.4. The van der Waals surface area contributed by atoms with Crippen LogP contribution in [0.5, 0.6) is 0 Å². The number of halogens is 1. The van der Waals surface area contributed by atoms with E-state index in [1.165, 1.54) is 7.11 Å². The van der Waals surface area contributed by atoms with Crippen molar-refractivity contribution in [3.05, 3.63) is 0 Å². The van der Waals surface area contributed by atoms with Crippen LogP contribution in [0.1, 0.15) is 12.8 Å². The molecule has 0 aliphatic heterocycles. The molecule has 0 saturated carbocycles. The summed E-state index contributed by atoms with van der Waals surface area (Å²) in [5.41, 5.74) is 4.87. The maximum absolute atomic E-state index is 10.7. The van der Waals surface area contributed by atoms with Gasteiger partial charge in [0, 0.05) is 6.42 Å². The SMILES string of the molecule is COC(=O)[C@H](Br)CCC(N)=O. The third-order valence-corrected chi connectivity index (χ3v) is 1.93. The largest absolute Gasteiger partial charge is 0.468 e. The van der Waals surface area contributed by atoms with Gasteiger partial charge >= 0.3 is 5.97 Å². The lowest BCUT2D eigenvalue weighted by Gasteiger charge is -2.04. The van der Waals surface area contributed by atoms with Crippen molar-refractivity contribution in [3.8, 4) is 0 Å². The first-order chi connectivity index (χ1) is 5.07. The fourth-order valence-corrected chi connectivity index (χ4v) is 0.931. The Morgan fingerprint density at radius 3 is 2.55 bits per heavy atom. The number of carbonyl (C=O) groups is 2. The molecule has 0 rings (SSSR count). The maximum Gasteiger partial charge on any atom is 0.319 e. The second kappa shape index (κ2) is 5.12. The van der Waals surface area contributed by atoms with Crippen LogP contribution in [0, 0.1) is 0 Å². The van der Waals surface area contributed by atoms with E-state index in [0.29, 0.717) is 6.42 Å². The zero-order valence-electron chi connectivity index (χ0n) is 6.17. The van der Waals surface area contributed by atoms with Crippen LogP contribution in [0.15, 0.2) is 0 Å². The van der Waals surface area contributed by atoms with Gasteiger partial charge in [0.1, 0.15) is 4.83 Å². The number of hydrogen-bond donors (Lipinski definition) is 1. The van der Waals surface area contributed by atoms with E-state index in [2.05, 4.69) is 20.7 Å². The van der Waals surface area contributed by atoms with E-state index in [1.54, 1.807) is 0 Å². The monoisotopic (exact) mass is 223 g/mol. The minimum Gasteiger partial charge on any atom is -0.468 e. The van der Waals surface area contributed by atoms with Crippen molar-refractivity contribution in [1.82, 2.24) is 0 Å². The van der Waals surface area contributed by atoms with Crippen molar-refractivity contribution in [2.75, 3.05) is 7.11 Å². The normalized spacial score (nSPS) is 12.2. The van der Waals surface area contributed by atoms with Crippen LogP contribution in [0.3, 0.4) is 0 Å². The molecule has 2 N–H and O–H groups in total. The molecule has 0 spiro atoms. The number of rotatable bonds is 4. The molecule has 0 unspecified atom stereocenters. The Hall–Kier alpha value is -0.580. The van der Waals surface area contributed by atoms with Crippen molar-refractivity contribution in [2.45, 2.75) is 17.7 Å². The van der Waals surface area contributed by atoms with E-state index < -0.39 is 10.7 Å². The zero-order valence-corrected chi connectivity index (χ0v) is 7.76. The number of hydrogen-bond acceptors (Lipinski definition) is 3. The molecular formula is C6H10BrNO3. The molecule has 0 fully saturated rings. The third-order valence-electron chi connectivity index (χ3n) is 1.10. The molecule has 0 heterocycles. The molecule has 0 aliphatic rings. The van der Waals surface area contributed by atoms with Crippen LogP contribution in [-0.4, -0.2) is 23.8 Å². The number of primary amides is 1. The van der Waals surface area contributed by atoms with Crippen LogP contribution in [0.4, 0.5) is 0 Å². The van der Waals surface area contributed by atoms with Gasteiger partial charge in [-0.25, -0.2) is 0 Å². The lowest BCUT2D eigenvalue weighted by molar-refractivity contribution is -0.139. The lowest BCUT2D eigenvalue weighted by Crippen LogP contribution is -2.19. The lowest BCUT2D eigenvalue weighted by atomic mass is 10.2. The summed E-state index contributed by atoms with van der Waals surface area (Å²) < 4.78 is 4.41. The summed E-state index contributed by atoms with van der Waals surface area (Å²) in [7, 11) is 1.29. The highest BCUT2D eigenvalue weighted by Crippen LogP contribution is 2.08. The van der Waals surface area contributed by atoms with Gasteiger partial charge < -0.3 is 10.5 Å². The van der Waals surface area contributed by atoms with Crippen molar-refractivity contribution in [3.63, 3.8) is 0 Å². The number of methoxy groups -OCH3 is 1. The van der Waals surface area contributed by atoms with Crippen LogP contribution < -0.4 is 5.73 Å². The minimum absolute atomic E-state index is 0.186. The molecule has 0 aromatic heterocycles. The number of ether oxygens (including phenoxy) is 1. The summed E-state index contributed by atoms with van der Waals surface area (Å²) in [4.78, 5) is 20.5. The minimum atomic E-state index is -0.431. The Morgan fingerprint density at radius 2 is 2.18 bits per heavy atom. The highest BCUT2D eigenvalue weighted by molar-refractivity contribution is 9.10. The number of alkyl halides is 1. The smallest absolute Gasteiger partial charge is 0.319 e. The molecular weight excluding hydrogens is 214 g/mol. The summed E-state index contributed by atoms with van der Waals surface area (Å²) >= 11 is 3.05. The summed E-state index contributed by atoms with van der Waals surface area (Å²) in [6.07, 6.45) is 0.563. The Bertz CT molecular complexity index is 160. The molecule has 4 nitrogen and oxygen atoms in total. The van der Waals surface area contributed by atoms with Crippen LogP contribution in [-0.2, 0) is 14.3 Å². The second-order valence-electron chi connectivity index (χ2n) is 2.00. The van der Waals surface area contributed by atoms with E-state index in [0.717, 1.165) is 0 Å². The van der Waals surface area contributed by atoms with E-state index in [1.807, 2.05) is 0 Å². The maximum atomic E-state index is 10.7. The fourth-order valence-electron chi connectivity index (χ4n) is 0.515. The average molecular weight is 224 g/mol. The molecule has 0 aliphatic carbocycles. The standard InChI is InChI=1S/C6H10BrNO3/c1-11-6(10)4(7)2-3-5(8)9/h4H,2-3H2,1H3,(H2,8,9)/t4-/m1/s1. The van der Waals surface area contributed by atoms with Gasteiger partial charge in [-0.05, 0) is 6.42 Å². The van der Waals surface area contributed by atoms with Crippen molar-refractivity contribution >= 4 is 27.8 Å². The molecule has 5 heteroatoms. The molecule has 1 atom stereocenters. The Kier molecular flexibility index (Phi) is 4.85. The molecule has 1 amide bonds. The van der Waals surface area contributed by atoms with E-state index in [9.17, 15) is 9.59 Å². The molecule has 0 aromatic rings. The van der Waals surface area contributed by atoms with Crippen molar-refractivity contribution < 1.29 is 14.3 Å². The van der Waals surface area contributed by atoms with Crippen LogP contribution in [0.2, 0.25) is 0 Å². The first-order valence-corrected chi connectivity index (χ1v) is 3.99.